The molecule has 0 radical (unpaired) electrons. The van der Waals surface area contributed by atoms with Gasteiger partial charge in [-0.3, -0.25) is 0 Å². The van der Waals surface area contributed by atoms with Crippen molar-refractivity contribution in [3.8, 4) is 0 Å². The molecule has 0 N–H and O–H groups in total. The Labute approximate surface area is 57.7 Å². The Bertz CT molecular complexity index is 84.6. The van der Waals surface area contributed by atoms with E-state index >= 15 is 0 Å². The molecule has 0 aliphatic rings. The highest BCUT2D eigenvalue weighted by molar-refractivity contribution is 4.96. The Kier molecular flexibility index (Phi) is 5.64. The first kappa shape index (κ1) is 8.70. The highest BCUT2D eigenvalue weighted by Crippen LogP contribution is 1.98. The molecule has 0 aromatic heterocycles. The van der Waals surface area contributed by atoms with Gasteiger partial charge in [0.1, 0.15) is 0 Å². The predicted molar refractivity (Wildman–Crippen MR) is 40.5 cm³/mol. The van der Waals surface area contributed by atoms with Crippen molar-refractivity contribution in [1.29, 1.82) is 0 Å². The molecular formula is C8H16O. The zero-order chi connectivity index (χ0) is 7.11. The average Bonchev–Trinajstić information content (AvgIpc) is 1.89. The van der Waals surface area contributed by atoms with Crippen molar-refractivity contribution in [1.82, 2.24) is 0 Å². The lowest BCUT2D eigenvalue weighted by molar-refractivity contribution is 0.204. The van der Waals surface area contributed by atoms with Crippen LogP contribution in [0.2, 0.25) is 0 Å². The minimum absolute atomic E-state index is 0.845. The molecule has 1 heteroatoms. The summed E-state index contributed by atoms with van der Waals surface area (Å²) in [5.41, 5.74) is 1.45. The summed E-state index contributed by atoms with van der Waals surface area (Å²) in [4.78, 5) is 0. The lowest BCUT2D eigenvalue weighted by Crippen LogP contribution is -1.84. The summed E-state index contributed by atoms with van der Waals surface area (Å²) in [6, 6.07) is 0. The van der Waals surface area contributed by atoms with Gasteiger partial charge in [-0.25, -0.2) is 0 Å². The molecule has 0 amide bonds. The van der Waals surface area contributed by atoms with E-state index in [1.807, 2.05) is 0 Å². The van der Waals surface area contributed by atoms with Crippen molar-refractivity contribution >= 4 is 0 Å². The van der Waals surface area contributed by atoms with Crippen LogP contribution in [-0.4, -0.2) is 13.7 Å². The van der Waals surface area contributed by atoms with Crippen molar-refractivity contribution in [2.24, 2.45) is 0 Å². The van der Waals surface area contributed by atoms with Crippen LogP contribution in [0.5, 0.6) is 0 Å². The lowest BCUT2D eigenvalue weighted by atomic mass is 10.2. The standard InChI is InChI=1S/C8H16O/c1-4-8(2)6-5-7-9-3/h6H,4-5,7H2,1-3H3. The fourth-order valence-electron chi connectivity index (χ4n) is 0.568. The molecule has 0 aliphatic carbocycles. The van der Waals surface area contributed by atoms with Crippen LogP contribution in [0.15, 0.2) is 11.6 Å². The van der Waals surface area contributed by atoms with Crippen molar-refractivity contribution in [3.05, 3.63) is 11.6 Å². The largest absolute Gasteiger partial charge is 0.384 e. The summed E-state index contributed by atoms with van der Waals surface area (Å²) < 4.78 is 4.89. The molecule has 1 nitrogen and oxygen atoms in total. The summed E-state index contributed by atoms with van der Waals surface area (Å²) in [5.74, 6) is 0. The number of rotatable bonds is 4. The normalized spacial score (nSPS) is 12.1. The molecule has 0 bridgehead atoms. The predicted octanol–water partition coefficient (Wildman–Crippen LogP) is 2.38. The monoisotopic (exact) mass is 128 g/mol. The van der Waals surface area contributed by atoms with E-state index in [-0.39, 0.29) is 0 Å². The van der Waals surface area contributed by atoms with Gasteiger partial charge in [0.25, 0.3) is 0 Å². The van der Waals surface area contributed by atoms with E-state index in [1.165, 1.54) is 5.57 Å². The minimum Gasteiger partial charge on any atom is -0.384 e. The molecular weight excluding hydrogens is 112 g/mol. The molecule has 0 aromatic rings. The van der Waals surface area contributed by atoms with E-state index in [2.05, 4.69) is 19.9 Å². The molecule has 0 rings (SSSR count). The molecule has 0 aromatic carbocycles. The number of ether oxygens (including phenoxy) is 1. The second-order valence-corrected chi connectivity index (χ2v) is 2.19. The molecule has 0 aliphatic heterocycles. The minimum atomic E-state index is 0.845. The van der Waals surface area contributed by atoms with Gasteiger partial charge in [-0.05, 0) is 19.8 Å². The van der Waals surface area contributed by atoms with Gasteiger partial charge in [-0.15, -0.1) is 0 Å². The van der Waals surface area contributed by atoms with Crippen LogP contribution in [0.25, 0.3) is 0 Å². The summed E-state index contributed by atoms with van der Waals surface area (Å²) in [5, 5.41) is 0. The third-order valence-corrected chi connectivity index (χ3v) is 1.37. The van der Waals surface area contributed by atoms with Gasteiger partial charge in [-0.2, -0.15) is 0 Å². The maximum absolute atomic E-state index is 4.89. The summed E-state index contributed by atoms with van der Waals surface area (Å²) >= 11 is 0. The summed E-state index contributed by atoms with van der Waals surface area (Å²) in [7, 11) is 1.73. The highest BCUT2D eigenvalue weighted by atomic mass is 16.5. The zero-order valence-electron chi connectivity index (χ0n) is 6.61. The van der Waals surface area contributed by atoms with Crippen LogP contribution < -0.4 is 0 Å². The highest BCUT2D eigenvalue weighted by Gasteiger charge is 1.82. The van der Waals surface area contributed by atoms with Gasteiger partial charge >= 0.3 is 0 Å². The van der Waals surface area contributed by atoms with Crippen LogP contribution in [-0.2, 0) is 4.74 Å². The van der Waals surface area contributed by atoms with E-state index < -0.39 is 0 Å². The van der Waals surface area contributed by atoms with Crippen LogP contribution in [0.4, 0.5) is 0 Å². The Morgan fingerprint density at radius 1 is 1.56 bits per heavy atom. The molecule has 0 fully saturated rings. The number of hydrogen-bond acceptors (Lipinski definition) is 1. The molecule has 54 valence electrons. The molecule has 0 spiro atoms. The zero-order valence-corrected chi connectivity index (χ0v) is 6.61. The van der Waals surface area contributed by atoms with E-state index in [0.29, 0.717) is 0 Å². The SMILES string of the molecule is CCC(C)=CCCOC. The van der Waals surface area contributed by atoms with Crippen molar-refractivity contribution < 1.29 is 4.74 Å². The first-order valence-corrected chi connectivity index (χ1v) is 3.45. The molecule has 0 unspecified atom stereocenters. The third kappa shape index (κ3) is 5.57. The Morgan fingerprint density at radius 2 is 2.22 bits per heavy atom. The van der Waals surface area contributed by atoms with E-state index in [0.717, 1.165) is 19.4 Å². The maximum Gasteiger partial charge on any atom is 0.0496 e. The molecule has 0 atom stereocenters. The van der Waals surface area contributed by atoms with Gasteiger partial charge < -0.3 is 4.74 Å². The second-order valence-electron chi connectivity index (χ2n) is 2.19. The van der Waals surface area contributed by atoms with Crippen molar-refractivity contribution in [2.45, 2.75) is 26.7 Å². The van der Waals surface area contributed by atoms with Crippen LogP contribution >= 0.6 is 0 Å². The number of allylic oxidation sites excluding steroid dienone is 1. The van der Waals surface area contributed by atoms with Gasteiger partial charge in [-0.1, -0.05) is 18.6 Å². The average molecular weight is 128 g/mol. The summed E-state index contributed by atoms with van der Waals surface area (Å²) in [6.45, 7) is 5.16. The third-order valence-electron chi connectivity index (χ3n) is 1.37. The molecule has 0 heterocycles. The maximum atomic E-state index is 4.89. The van der Waals surface area contributed by atoms with Crippen LogP contribution in [0.3, 0.4) is 0 Å². The van der Waals surface area contributed by atoms with Gasteiger partial charge in [0.05, 0.1) is 0 Å². The smallest absolute Gasteiger partial charge is 0.0496 e. The number of hydrogen-bond donors (Lipinski definition) is 0. The van der Waals surface area contributed by atoms with Gasteiger partial charge in [0.15, 0.2) is 0 Å². The quantitative estimate of drug-likeness (QED) is 0.417. The summed E-state index contributed by atoms with van der Waals surface area (Å²) in [6.07, 6.45) is 4.43. The molecule has 0 saturated carbocycles. The topological polar surface area (TPSA) is 9.23 Å². The Balaban J connectivity index is 3.21. The van der Waals surface area contributed by atoms with E-state index in [9.17, 15) is 0 Å². The van der Waals surface area contributed by atoms with Crippen molar-refractivity contribution in [3.63, 3.8) is 0 Å². The van der Waals surface area contributed by atoms with Gasteiger partial charge in [0, 0.05) is 13.7 Å². The molecule has 9 heavy (non-hydrogen) atoms. The van der Waals surface area contributed by atoms with E-state index in [1.54, 1.807) is 7.11 Å². The van der Waals surface area contributed by atoms with Crippen LogP contribution in [0, 0.1) is 0 Å². The lowest BCUT2D eigenvalue weighted by Gasteiger charge is -1.94. The molecule has 0 saturated heterocycles. The first-order chi connectivity index (χ1) is 4.31. The van der Waals surface area contributed by atoms with E-state index in [4.69, 9.17) is 4.74 Å². The Morgan fingerprint density at radius 3 is 2.67 bits per heavy atom. The Hall–Kier alpha value is -0.300. The number of methoxy groups -OCH3 is 1. The first-order valence-electron chi connectivity index (χ1n) is 3.45. The fourth-order valence-corrected chi connectivity index (χ4v) is 0.568. The second kappa shape index (κ2) is 5.83. The van der Waals surface area contributed by atoms with Crippen LogP contribution in [0.1, 0.15) is 26.7 Å². The fraction of sp³-hybridized carbons (Fsp3) is 0.750. The van der Waals surface area contributed by atoms with Crippen molar-refractivity contribution in [2.75, 3.05) is 13.7 Å². The van der Waals surface area contributed by atoms with Gasteiger partial charge in [0.2, 0.25) is 0 Å².